The van der Waals surface area contributed by atoms with E-state index in [-0.39, 0.29) is 18.0 Å². The number of hydrogen-bond donors (Lipinski definition) is 1. The van der Waals surface area contributed by atoms with Crippen molar-refractivity contribution in [3.63, 3.8) is 0 Å². The van der Waals surface area contributed by atoms with E-state index in [1.807, 2.05) is 80.2 Å². The van der Waals surface area contributed by atoms with Gasteiger partial charge in [0.25, 0.3) is 5.91 Å². The summed E-state index contributed by atoms with van der Waals surface area (Å²) in [7, 11) is 0. The van der Waals surface area contributed by atoms with Gasteiger partial charge in [-0.05, 0) is 70.0 Å². The number of nitrogens with zero attached hydrogens (tertiary/aromatic N) is 4. The summed E-state index contributed by atoms with van der Waals surface area (Å²) in [5, 5.41) is 7.23. The lowest BCUT2D eigenvalue weighted by atomic mass is 10.0. The monoisotopic (exact) mass is 435 g/mol. The largest absolute Gasteiger partial charge is 0.444 e. The van der Waals surface area contributed by atoms with Crippen LogP contribution in [0.1, 0.15) is 50.1 Å². The van der Waals surface area contributed by atoms with Crippen LogP contribution >= 0.6 is 0 Å². The Labute approximate surface area is 187 Å². The third-order valence-electron chi connectivity index (χ3n) is 5.39. The number of piperidine rings is 1. The second-order valence-electron chi connectivity index (χ2n) is 8.95. The van der Waals surface area contributed by atoms with Gasteiger partial charge in [0.05, 0.1) is 5.69 Å². The van der Waals surface area contributed by atoms with Gasteiger partial charge in [0.2, 0.25) is 0 Å². The molecule has 0 unspecified atom stereocenters. The molecule has 1 saturated heterocycles. The van der Waals surface area contributed by atoms with Crippen molar-refractivity contribution in [3.05, 3.63) is 66.7 Å². The normalized spacial score (nSPS) is 14.9. The van der Waals surface area contributed by atoms with Crippen molar-refractivity contribution in [1.29, 1.82) is 0 Å². The summed E-state index contributed by atoms with van der Waals surface area (Å²) in [5.41, 5.74) is 1.67. The van der Waals surface area contributed by atoms with Crippen LogP contribution in [0.5, 0.6) is 0 Å². The van der Waals surface area contributed by atoms with E-state index in [4.69, 9.17) is 4.74 Å². The zero-order chi connectivity index (χ0) is 22.7. The number of rotatable bonds is 4. The first-order valence-electron chi connectivity index (χ1n) is 10.9. The summed E-state index contributed by atoms with van der Waals surface area (Å²) < 4.78 is 9.24. The number of ether oxygens (including phenoxy) is 1. The van der Waals surface area contributed by atoms with Gasteiger partial charge in [-0.3, -0.25) is 4.79 Å². The summed E-state index contributed by atoms with van der Waals surface area (Å²) in [6, 6.07) is 13.3. The molecule has 0 saturated carbocycles. The third kappa shape index (κ3) is 5.01. The zero-order valence-electron chi connectivity index (χ0n) is 18.7. The first-order valence-corrected chi connectivity index (χ1v) is 10.9. The zero-order valence-corrected chi connectivity index (χ0v) is 18.7. The minimum absolute atomic E-state index is 0.153. The topological polar surface area (TPSA) is 81.4 Å². The highest BCUT2D eigenvalue weighted by atomic mass is 16.6. The highest BCUT2D eigenvalue weighted by Crippen LogP contribution is 2.26. The van der Waals surface area contributed by atoms with Crippen LogP contribution < -0.4 is 5.32 Å². The van der Waals surface area contributed by atoms with E-state index in [0.717, 1.165) is 18.5 Å². The average Bonchev–Trinajstić information content (AvgIpc) is 3.45. The average molecular weight is 436 g/mol. The third-order valence-corrected chi connectivity index (χ3v) is 5.39. The smallest absolute Gasteiger partial charge is 0.410 e. The highest BCUT2D eigenvalue weighted by molar-refractivity contribution is 6.03. The number of benzene rings is 1. The lowest BCUT2D eigenvalue weighted by Gasteiger charge is -2.34. The molecule has 0 aliphatic carbocycles. The van der Waals surface area contributed by atoms with Crippen LogP contribution in [0.25, 0.3) is 5.69 Å². The number of nitrogens with one attached hydrogen (secondary N) is 1. The van der Waals surface area contributed by atoms with Crippen molar-refractivity contribution in [3.8, 4) is 5.69 Å². The Kier molecular flexibility index (Phi) is 6.03. The maximum atomic E-state index is 13.0. The van der Waals surface area contributed by atoms with Gasteiger partial charge >= 0.3 is 6.09 Å². The van der Waals surface area contributed by atoms with Crippen LogP contribution in [0.2, 0.25) is 0 Å². The summed E-state index contributed by atoms with van der Waals surface area (Å²) in [6.07, 6.45) is 6.76. The molecule has 4 rings (SSSR count). The molecule has 8 heteroatoms. The summed E-state index contributed by atoms with van der Waals surface area (Å²) in [4.78, 5) is 27.1. The van der Waals surface area contributed by atoms with E-state index in [1.165, 1.54) is 0 Å². The highest BCUT2D eigenvalue weighted by Gasteiger charge is 2.28. The molecule has 8 nitrogen and oxygen atoms in total. The van der Waals surface area contributed by atoms with Gasteiger partial charge in [-0.1, -0.05) is 6.07 Å². The fourth-order valence-corrected chi connectivity index (χ4v) is 3.90. The fraction of sp³-hybridized carbons (Fsp3) is 0.375. The molecular formula is C24H29N5O3. The second-order valence-corrected chi connectivity index (χ2v) is 8.95. The Morgan fingerprint density at radius 3 is 2.53 bits per heavy atom. The van der Waals surface area contributed by atoms with Crippen molar-refractivity contribution in [1.82, 2.24) is 19.2 Å². The van der Waals surface area contributed by atoms with Gasteiger partial charge in [0.15, 0.2) is 0 Å². The maximum absolute atomic E-state index is 13.0. The van der Waals surface area contributed by atoms with E-state index < -0.39 is 5.60 Å². The lowest BCUT2D eigenvalue weighted by molar-refractivity contribution is 0.0187. The van der Waals surface area contributed by atoms with Crippen molar-refractivity contribution >= 4 is 17.7 Å². The van der Waals surface area contributed by atoms with Gasteiger partial charge in [-0.15, -0.1) is 0 Å². The quantitative estimate of drug-likeness (QED) is 0.654. The molecule has 0 bridgehead atoms. The number of aromatic nitrogens is 3. The van der Waals surface area contributed by atoms with Crippen LogP contribution in [-0.2, 0) is 4.74 Å². The number of carbonyl (C=O) groups excluding carboxylic acids is 2. The lowest BCUT2D eigenvalue weighted by Crippen LogP contribution is -2.42. The number of anilines is 1. The van der Waals surface area contributed by atoms with E-state index in [0.29, 0.717) is 24.5 Å². The predicted molar refractivity (Wildman–Crippen MR) is 122 cm³/mol. The second kappa shape index (κ2) is 8.90. The summed E-state index contributed by atoms with van der Waals surface area (Å²) in [6.45, 7) is 6.81. The molecule has 0 spiro atoms. The molecule has 1 aromatic carbocycles. The molecule has 168 valence electrons. The molecular weight excluding hydrogens is 406 g/mol. The molecule has 3 aromatic rings. The molecule has 0 radical (unpaired) electrons. The Hall–Kier alpha value is -3.55. The van der Waals surface area contributed by atoms with Gasteiger partial charge < -0.3 is 19.5 Å². The van der Waals surface area contributed by atoms with Crippen LogP contribution in [0.3, 0.4) is 0 Å². The van der Waals surface area contributed by atoms with Gasteiger partial charge in [-0.2, -0.15) is 5.10 Å². The van der Waals surface area contributed by atoms with Gasteiger partial charge in [0.1, 0.15) is 11.3 Å². The first-order chi connectivity index (χ1) is 15.3. The Bertz CT molecular complexity index is 1070. The van der Waals surface area contributed by atoms with Crippen LogP contribution in [0.4, 0.5) is 10.5 Å². The molecule has 1 N–H and O–H groups in total. The summed E-state index contributed by atoms with van der Waals surface area (Å²) >= 11 is 0. The van der Waals surface area contributed by atoms with Gasteiger partial charge in [-0.25, -0.2) is 9.48 Å². The Morgan fingerprint density at radius 2 is 1.84 bits per heavy atom. The molecule has 3 heterocycles. The van der Waals surface area contributed by atoms with Crippen LogP contribution in [-0.4, -0.2) is 49.9 Å². The molecule has 2 aromatic heterocycles. The maximum Gasteiger partial charge on any atom is 0.410 e. The number of amides is 2. The molecule has 0 atom stereocenters. The number of hydrogen-bond acceptors (Lipinski definition) is 4. The minimum atomic E-state index is -0.506. The molecule has 1 aliphatic heterocycles. The summed E-state index contributed by atoms with van der Waals surface area (Å²) in [5.74, 6) is -0.165. The Balaban J connectivity index is 1.40. The molecule has 32 heavy (non-hydrogen) atoms. The SMILES string of the molecule is CC(C)(C)OC(=O)N1CCC(n2cccc2C(=O)Nc2cccc(-n3cccn3)c2)CC1. The van der Waals surface area contributed by atoms with Crippen molar-refractivity contribution in [2.45, 2.75) is 45.3 Å². The van der Waals surface area contributed by atoms with Crippen molar-refractivity contribution in [2.24, 2.45) is 0 Å². The molecule has 1 fully saturated rings. The van der Waals surface area contributed by atoms with E-state index in [1.54, 1.807) is 15.8 Å². The van der Waals surface area contributed by atoms with E-state index in [2.05, 4.69) is 10.4 Å². The number of carbonyl (C=O) groups is 2. The fourth-order valence-electron chi connectivity index (χ4n) is 3.90. The minimum Gasteiger partial charge on any atom is -0.444 e. The van der Waals surface area contributed by atoms with Crippen LogP contribution in [0.15, 0.2) is 61.1 Å². The standard InChI is InChI=1S/C24H29N5O3/c1-24(2,3)32-23(31)27-15-10-19(11-16-27)28-13-5-9-21(28)22(30)26-18-7-4-8-20(17-18)29-14-6-12-25-29/h4-9,12-14,17,19H,10-11,15-16H2,1-3H3,(H,26,30). The van der Waals surface area contributed by atoms with E-state index in [9.17, 15) is 9.59 Å². The predicted octanol–water partition coefficient (Wildman–Crippen LogP) is 4.50. The molecule has 2 amide bonds. The van der Waals surface area contributed by atoms with E-state index >= 15 is 0 Å². The van der Waals surface area contributed by atoms with Crippen molar-refractivity contribution < 1.29 is 14.3 Å². The number of likely N-dealkylation sites (tertiary alicyclic amines) is 1. The van der Waals surface area contributed by atoms with Crippen LogP contribution in [0, 0.1) is 0 Å². The Morgan fingerprint density at radius 1 is 1.06 bits per heavy atom. The molecule has 1 aliphatic rings. The van der Waals surface area contributed by atoms with Gasteiger partial charge in [0, 0.05) is 43.4 Å². The first kappa shape index (κ1) is 21.7. The van der Waals surface area contributed by atoms with Crippen molar-refractivity contribution in [2.75, 3.05) is 18.4 Å².